The summed E-state index contributed by atoms with van der Waals surface area (Å²) in [4.78, 5) is 0. The van der Waals surface area contributed by atoms with Crippen LogP contribution in [0.1, 0.15) is 12.8 Å². The second-order valence-corrected chi connectivity index (χ2v) is 2.23. The van der Waals surface area contributed by atoms with Gasteiger partial charge in [0, 0.05) is 18.9 Å². The van der Waals surface area contributed by atoms with E-state index in [4.69, 9.17) is 5.73 Å². The maximum Gasteiger partial charge on any atom is 0.252 e. The van der Waals surface area contributed by atoms with E-state index in [0.29, 0.717) is 6.42 Å². The molecule has 0 saturated heterocycles. The highest BCUT2D eigenvalue weighted by Crippen LogP contribution is 2.42. The molecule has 8 heavy (non-hydrogen) atoms. The fourth-order valence-electron chi connectivity index (χ4n) is 0.857. The van der Waals surface area contributed by atoms with E-state index in [9.17, 15) is 8.78 Å². The van der Waals surface area contributed by atoms with E-state index in [1.807, 2.05) is 0 Å². The lowest BCUT2D eigenvalue weighted by molar-refractivity contribution is -0.127. The Bertz CT molecular complexity index is 90.4. The smallest absolute Gasteiger partial charge is 0.252 e. The molecule has 0 heterocycles. The third kappa shape index (κ3) is 0.708. The zero-order chi connectivity index (χ0) is 6.20. The molecule has 0 bridgehead atoms. The maximum absolute atomic E-state index is 12.1. The van der Waals surface area contributed by atoms with Crippen molar-refractivity contribution in [1.29, 1.82) is 0 Å². The topological polar surface area (TPSA) is 26.0 Å². The quantitative estimate of drug-likeness (QED) is 0.550. The van der Waals surface area contributed by atoms with Gasteiger partial charge in [0.05, 0.1) is 0 Å². The van der Waals surface area contributed by atoms with Crippen molar-refractivity contribution in [3.05, 3.63) is 0 Å². The molecule has 0 amide bonds. The molecule has 0 aliphatic heterocycles. The largest absolute Gasteiger partial charge is 0.330 e. The Kier molecular flexibility index (Phi) is 1.23. The Morgan fingerprint density at radius 2 is 2.25 bits per heavy atom. The van der Waals surface area contributed by atoms with E-state index in [-0.39, 0.29) is 13.0 Å². The van der Waals surface area contributed by atoms with Crippen LogP contribution in [0, 0.1) is 5.92 Å². The van der Waals surface area contributed by atoms with Gasteiger partial charge in [-0.3, -0.25) is 0 Å². The van der Waals surface area contributed by atoms with Crippen molar-refractivity contribution < 1.29 is 8.78 Å². The minimum Gasteiger partial charge on any atom is -0.330 e. The molecule has 0 spiro atoms. The Morgan fingerprint density at radius 1 is 1.62 bits per heavy atom. The van der Waals surface area contributed by atoms with E-state index in [2.05, 4.69) is 0 Å². The number of halogens is 2. The van der Waals surface area contributed by atoms with Crippen LogP contribution in [0.2, 0.25) is 0 Å². The van der Waals surface area contributed by atoms with Crippen LogP contribution >= 0.6 is 0 Å². The van der Waals surface area contributed by atoms with Crippen LogP contribution in [0.4, 0.5) is 8.78 Å². The molecule has 1 unspecified atom stereocenters. The van der Waals surface area contributed by atoms with E-state index in [0.717, 1.165) is 0 Å². The summed E-state index contributed by atoms with van der Waals surface area (Å²) in [6.07, 6.45) is 0.637. The zero-order valence-electron chi connectivity index (χ0n) is 4.53. The van der Waals surface area contributed by atoms with Gasteiger partial charge in [-0.2, -0.15) is 0 Å². The minimum atomic E-state index is -2.44. The summed E-state index contributed by atoms with van der Waals surface area (Å²) in [5.74, 6) is -2.96. The van der Waals surface area contributed by atoms with Gasteiger partial charge in [0.15, 0.2) is 0 Å². The van der Waals surface area contributed by atoms with Gasteiger partial charge in [0.2, 0.25) is 0 Å². The summed E-state index contributed by atoms with van der Waals surface area (Å²) in [6.45, 7) is 0.132. The molecule has 48 valence electrons. The number of nitrogens with two attached hydrogens (primary N) is 1. The molecule has 0 aromatic heterocycles. The van der Waals surface area contributed by atoms with E-state index < -0.39 is 11.8 Å². The number of hydrogen-bond acceptors (Lipinski definition) is 1. The summed E-state index contributed by atoms with van der Waals surface area (Å²) >= 11 is 0. The van der Waals surface area contributed by atoms with Gasteiger partial charge in [-0.05, 0) is 6.42 Å². The summed E-state index contributed by atoms with van der Waals surface area (Å²) in [6, 6.07) is 0. The Balaban J connectivity index is 2.37. The average Bonchev–Trinajstić information content (AvgIpc) is 1.66. The van der Waals surface area contributed by atoms with Gasteiger partial charge in [0.25, 0.3) is 5.92 Å². The molecule has 0 radical (unpaired) electrons. The van der Waals surface area contributed by atoms with Crippen molar-refractivity contribution in [3.8, 4) is 0 Å². The lowest BCUT2D eigenvalue weighted by Crippen LogP contribution is -2.43. The number of rotatable bonds is 1. The van der Waals surface area contributed by atoms with Crippen molar-refractivity contribution in [2.45, 2.75) is 18.8 Å². The van der Waals surface area contributed by atoms with Crippen LogP contribution in [0.5, 0.6) is 0 Å². The van der Waals surface area contributed by atoms with Crippen LogP contribution in [0.15, 0.2) is 0 Å². The molecule has 1 fully saturated rings. The Morgan fingerprint density at radius 3 is 2.25 bits per heavy atom. The molecule has 1 aliphatic rings. The van der Waals surface area contributed by atoms with Gasteiger partial charge < -0.3 is 5.73 Å². The van der Waals surface area contributed by atoms with Gasteiger partial charge >= 0.3 is 0 Å². The summed E-state index contributed by atoms with van der Waals surface area (Å²) < 4.78 is 24.2. The molecule has 1 saturated carbocycles. The van der Waals surface area contributed by atoms with Crippen LogP contribution < -0.4 is 5.73 Å². The highest BCUT2D eigenvalue weighted by molar-refractivity contribution is 4.88. The van der Waals surface area contributed by atoms with E-state index in [1.54, 1.807) is 0 Å². The third-order valence-corrected chi connectivity index (χ3v) is 1.71. The fraction of sp³-hybridized carbons (Fsp3) is 1.00. The third-order valence-electron chi connectivity index (χ3n) is 1.71. The highest BCUT2D eigenvalue weighted by Gasteiger charge is 2.46. The van der Waals surface area contributed by atoms with Crippen molar-refractivity contribution in [1.82, 2.24) is 0 Å². The van der Waals surface area contributed by atoms with Crippen LogP contribution in [0.25, 0.3) is 0 Å². The first-order valence-electron chi connectivity index (χ1n) is 2.74. The van der Waals surface area contributed by atoms with Crippen molar-refractivity contribution >= 4 is 0 Å². The Hall–Kier alpha value is -0.180. The second-order valence-electron chi connectivity index (χ2n) is 2.23. The Labute approximate surface area is 46.9 Å². The first-order valence-corrected chi connectivity index (χ1v) is 2.74. The van der Waals surface area contributed by atoms with Crippen molar-refractivity contribution in [2.75, 3.05) is 6.54 Å². The first-order chi connectivity index (χ1) is 3.67. The number of hydrogen-bond donors (Lipinski definition) is 1. The first kappa shape index (κ1) is 5.95. The molecule has 1 aliphatic carbocycles. The SMILES string of the molecule is NCC1CCC1(F)F. The molecule has 2 N–H and O–H groups in total. The predicted molar refractivity (Wildman–Crippen MR) is 26.7 cm³/mol. The monoisotopic (exact) mass is 121 g/mol. The van der Waals surface area contributed by atoms with Crippen LogP contribution in [-0.4, -0.2) is 12.5 Å². The summed E-state index contributed by atoms with van der Waals surface area (Å²) in [5.41, 5.74) is 5.03. The van der Waals surface area contributed by atoms with Crippen molar-refractivity contribution in [3.63, 3.8) is 0 Å². The van der Waals surface area contributed by atoms with Crippen LogP contribution in [0.3, 0.4) is 0 Å². The van der Waals surface area contributed by atoms with Gasteiger partial charge in [0.1, 0.15) is 0 Å². The van der Waals surface area contributed by atoms with Crippen molar-refractivity contribution in [2.24, 2.45) is 11.7 Å². The summed E-state index contributed by atoms with van der Waals surface area (Å²) in [5, 5.41) is 0. The standard InChI is InChI=1S/C5H9F2N/c6-5(7)2-1-4(5)3-8/h4H,1-3,8H2. The van der Waals surface area contributed by atoms with Gasteiger partial charge in [-0.15, -0.1) is 0 Å². The fourth-order valence-corrected chi connectivity index (χ4v) is 0.857. The van der Waals surface area contributed by atoms with Crippen LogP contribution in [-0.2, 0) is 0 Å². The highest BCUT2D eigenvalue weighted by atomic mass is 19.3. The lowest BCUT2D eigenvalue weighted by Gasteiger charge is -2.35. The minimum absolute atomic E-state index is 0.0366. The van der Waals surface area contributed by atoms with Gasteiger partial charge in [-0.25, -0.2) is 8.78 Å². The predicted octanol–water partition coefficient (Wildman–Crippen LogP) is 0.990. The van der Waals surface area contributed by atoms with E-state index in [1.165, 1.54) is 0 Å². The molecule has 1 atom stereocenters. The molecule has 1 nitrogen and oxygen atoms in total. The molecular formula is C5H9F2N. The molecule has 0 aromatic carbocycles. The number of alkyl halides is 2. The summed E-state index contributed by atoms with van der Waals surface area (Å²) in [7, 11) is 0. The normalized spacial score (nSPS) is 34.1. The molecule has 3 heteroatoms. The second kappa shape index (κ2) is 1.65. The average molecular weight is 121 g/mol. The lowest BCUT2D eigenvalue weighted by atomic mass is 9.81. The maximum atomic E-state index is 12.1. The zero-order valence-corrected chi connectivity index (χ0v) is 4.53. The van der Waals surface area contributed by atoms with Gasteiger partial charge in [-0.1, -0.05) is 0 Å². The van der Waals surface area contributed by atoms with E-state index >= 15 is 0 Å². The molecule has 0 aromatic rings. The molecule has 1 rings (SSSR count). The molecular weight excluding hydrogens is 112 g/mol.